The lowest BCUT2D eigenvalue weighted by atomic mass is 10.2. The number of rotatable bonds is 8. The van der Waals surface area contributed by atoms with Gasteiger partial charge in [-0.25, -0.2) is 0 Å². The molecule has 0 aromatic heterocycles. The average molecular weight is 244 g/mol. The molecule has 17 heavy (non-hydrogen) atoms. The molecule has 0 fully saturated rings. The molecule has 0 aromatic carbocycles. The van der Waals surface area contributed by atoms with Gasteiger partial charge in [-0.1, -0.05) is 13.8 Å². The van der Waals surface area contributed by atoms with Gasteiger partial charge in [-0.2, -0.15) is 0 Å². The summed E-state index contributed by atoms with van der Waals surface area (Å²) in [6.45, 7) is 9.93. The molecule has 0 heterocycles. The highest BCUT2D eigenvalue weighted by atomic mass is 16.4. The fraction of sp³-hybridized carbons (Fsp3) is 0.833. The van der Waals surface area contributed by atoms with Crippen LogP contribution in [0.5, 0.6) is 0 Å². The number of likely N-dealkylation sites (N-methyl/N-ethyl adjacent to an activating group) is 1. The van der Waals surface area contributed by atoms with E-state index in [2.05, 4.69) is 0 Å². The van der Waals surface area contributed by atoms with E-state index in [1.165, 1.54) is 0 Å². The zero-order valence-electron chi connectivity index (χ0n) is 11.3. The average Bonchev–Trinajstić information content (AvgIpc) is 2.16. The van der Waals surface area contributed by atoms with Crippen molar-refractivity contribution in [3.63, 3.8) is 0 Å². The van der Waals surface area contributed by atoms with Crippen molar-refractivity contribution in [1.82, 2.24) is 9.80 Å². The summed E-state index contributed by atoms with van der Waals surface area (Å²) in [7, 11) is 0. The van der Waals surface area contributed by atoms with E-state index >= 15 is 0 Å². The molecule has 1 N–H and O–H groups in total. The van der Waals surface area contributed by atoms with Crippen LogP contribution in [0.3, 0.4) is 0 Å². The van der Waals surface area contributed by atoms with Gasteiger partial charge in [0, 0.05) is 19.6 Å². The predicted octanol–water partition coefficient (Wildman–Crippen LogP) is 0.897. The molecule has 100 valence electrons. The van der Waals surface area contributed by atoms with E-state index in [4.69, 9.17) is 5.11 Å². The van der Waals surface area contributed by atoms with Gasteiger partial charge in [0.25, 0.3) is 0 Å². The summed E-state index contributed by atoms with van der Waals surface area (Å²) in [4.78, 5) is 26.0. The van der Waals surface area contributed by atoms with Crippen LogP contribution >= 0.6 is 0 Å². The lowest BCUT2D eigenvalue weighted by molar-refractivity contribution is -0.139. The summed E-state index contributed by atoms with van der Waals surface area (Å²) in [6, 6.07) is 0. The molecule has 0 atom stereocenters. The minimum Gasteiger partial charge on any atom is -0.480 e. The Morgan fingerprint density at radius 1 is 1.12 bits per heavy atom. The first kappa shape index (κ1) is 15.9. The summed E-state index contributed by atoms with van der Waals surface area (Å²) < 4.78 is 0. The number of carboxylic acids is 1. The summed E-state index contributed by atoms with van der Waals surface area (Å²) in [5, 5.41) is 8.80. The molecule has 0 rings (SSSR count). The number of hydrogen-bond donors (Lipinski definition) is 1. The van der Waals surface area contributed by atoms with Crippen LogP contribution in [0, 0.1) is 5.92 Å². The Hall–Kier alpha value is -1.10. The second kappa shape index (κ2) is 8.06. The fourth-order valence-corrected chi connectivity index (χ4v) is 1.76. The van der Waals surface area contributed by atoms with Gasteiger partial charge in [0.15, 0.2) is 0 Å². The largest absolute Gasteiger partial charge is 0.480 e. The molecular formula is C12H24N2O3. The molecule has 0 radical (unpaired) electrons. The van der Waals surface area contributed by atoms with Crippen molar-refractivity contribution in [3.8, 4) is 0 Å². The van der Waals surface area contributed by atoms with Gasteiger partial charge in [0.05, 0.1) is 13.1 Å². The van der Waals surface area contributed by atoms with E-state index in [1.54, 1.807) is 9.80 Å². The van der Waals surface area contributed by atoms with Crippen LogP contribution in [0.4, 0.5) is 0 Å². The zero-order valence-corrected chi connectivity index (χ0v) is 11.3. The normalized spacial score (nSPS) is 10.9. The standard InChI is InChI=1S/C12H24N2O3/c1-5-14(6-2)11(15)8-13(7-10(3)4)9-12(16)17/h10H,5-9H2,1-4H3,(H,16,17). The highest BCUT2D eigenvalue weighted by Crippen LogP contribution is 2.00. The Morgan fingerprint density at radius 3 is 2.00 bits per heavy atom. The minimum absolute atomic E-state index is 0.00287. The van der Waals surface area contributed by atoms with Crippen LogP contribution in [0.1, 0.15) is 27.7 Å². The number of amides is 1. The maximum Gasteiger partial charge on any atom is 0.317 e. The number of aliphatic carboxylic acids is 1. The first-order valence-corrected chi connectivity index (χ1v) is 6.12. The van der Waals surface area contributed by atoms with E-state index < -0.39 is 5.97 Å². The molecule has 0 aliphatic carbocycles. The van der Waals surface area contributed by atoms with E-state index in [0.717, 1.165) is 0 Å². The SMILES string of the molecule is CCN(CC)C(=O)CN(CC(=O)O)CC(C)C. The molecule has 5 nitrogen and oxygen atoms in total. The Kier molecular flexibility index (Phi) is 7.54. The molecule has 5 heteroatoms. The quantitative estimate of drug-likeness (QED) is 0.689. The van der Waals surface area contributed by atoms with Gasteiger partial charge >= 0.3 is 5.97 Å². The number of carboxylic acid groups (broad SMARTS) is 1. The third kappa shape index (κ3) is 6.94. The highest BCUT2D eigenvalue weighted by Gasteiger charge is 2.17. The molecule has 0 aliphatic rings. The van der Waals surface area contributed by atoms with E-state index in [0.29, 0.717) is 25.6 Å². The zero-order chi connectivity index (χ0) is 13.4. The Labute approximate surface area is 103 Å². The summed E-state index contributed by atoms with van der Waals surface area (Å²) in [5.41, 5.74) is 0. The van der Waals surface area contributed by atoms with Gasteiger partial charge in [0.1, 0.15) is 0 Å². The van der Waals surface area contributed by atoms with Crippen molar-refractivity contribution in [3.05, 3.63) is 0 Å². The number of carbonyl (C=O) groups excluding carboxylic acids is 1. The Bertz CT molecular complexity index is 250. The molecule has 0 saturated carbocycles. The number of nitrogens with zero attached hydrogens (tertiary/aromatic N) is 2. The third-order valence-corrected chi connectivity index (χ3v) is 2.46. The summed E-state index contributed by atoms with van der Waals surface area (Å²) in [6.07, 6.45) is 0. The van der Waals surface area contributed by atoms with Crippen molar-refractivity contribution < 1.29 is 14.7 Å². The van der Waals surface area contributed by atoms with Gasteiger partial charge < -0.3 is 10.0 Å². The van der Waals surface area contributed by atoms with Crippen molar-refractivity contribution in [2.45, 2.75) is 27.7 Å². The van der Waals surface area contributed by atoms with Gasteiger partial charge in [-0.15, -0.1) is 0 Å². The van der Waals surface area contributed by atoms with Crippen LogP contribution in [0.25, 0.3) is 0 Å². The van der Waals surface area contributed by atoms with Gasteiger partial charge in [-0.3, -0.25) is 14.5 Å². The maximum absolute atomic E-state index is 11.9. The number of carbonyl (C=O) groups is 2. The predicted molar refractivity (Wildman–Crippen MR) is 66.8 cm³/mol. The lowest BCUT2D eigenvalue weighted by Crippen LogP contribution is -2.43. The van der Waals surface area contributed by atoms with E-state index in [1.807, 2.05) is 27.7 Å². The second-order valence-corrected chi connectivity index (χ2v) is 4.52. The Morgan fingerprint density at radius 2 is 1.65 bits per heavy atom. The summed E-state index contributed by atoms with van der Waals surface area (Å²) in [5.74, 6) is -0.547. The first-order valence-electron chi connectivity index (χ1n) is 6.12. The maximum atomic E-state index is 11.9. The van der Waals surface area contributed by atoms with Crippen LogP contribution in [0.15, 0.2) is 0 Å². The molecule has 1 amide bonds. The first-order chi connectivity index (χ1) is 7.90. The fourth-order valence-electron chi connectivity index (χ4n) is 1.76. The molecule has 0 aliphatic heterocycles. The van der Waals surface area contributed by atoms with Crippen molar-refractivity contribution in [1.29, 1.82) is 0 Å². The van der Waals surface area contributed by atoms with Crippen molar-refractivity contribution >= 4 is 11.9 Å². The van der Waals surface area contributed by atoms with Gasteiger partial charge in [0.2, 0.25) is 5.91 Å². The van der Waals surface area contributed by atoms with Crippen LogP contribution < -0.4 is 0 Å². The smallest absolute Gasteiger partial charge is 0.317 e. The molecule has 0 spiro atoms. The number of hydrogen-bond acceptors (Lipinski definition) is 3. The summed E-state index contributed by atoms with van der Waals surface area (Å²) >= 11 is 0. The topological polar surface area (TPSA) is 60.9 Å². The van der Waals surface area contributed by atoms with Crippen LogP contribution in [0.2, 0.25) is 0 Å². The molecule has 0 bridgehead atoms. The second-order valence-electron chi connectivity index (χ2n) is 4.52. The van der Waals surface area contributed by atoms with Crippen molar-refractivity contribution in [2.75, 3.05) is 32.7 Å². The van der Waals surface area contributed by atoms with Crippen LogP contribution in [-0.4, -0.2) is 59.5 Å². The molecule has 0 saturated heterocycles. The highest BCUT2D eigenvalue weighted by molar-refractivity contribution is 5.79. The van der Waals surface area contributed by atoms with Crippen LogP contribution in [-0.2, 0) is 9.59 Å². The van der Waals surface area contributed by atoms with E-state index in [9.17, 15) is 9.59 Å². The van der Waals surface area contributed by atoms with Gasteiger partial charge in [-0.05, 0) is 19.8 Å². The molecular weight excluding hydrogens is 220 g/mol. The molecule has 0 unspecified atom stereocenters. The monoisotopic (exact) mass is 244 g/mol. The molecule has 0 aromatic rings. The Balaban J connectivity index is 4.40. The third-order valence-electron chi connectivity index (χ3n) is 2.46. The lowest BCUT2D eigenvalue weighted by Gasteiger charge is -2.25. The van der Waals surface area contributed by atoms with E-state index in [-0.39, 0.29) is 19.0 Å². The van der Waals surface area contributed by atoms with Crippen molar-refractivity contribution in [2.24, 2.45) is 5.92 Å². The minimum atomic E-state index is -0.891.